The number of hydrogen-bond acceptors (Lipinski definition) is 3. The molecular formula is C14H28N2O. The first-order chi connectivity index (χ1) is 7.86. The van der Waals surface area contributed by atoms with Gasteiger partial charge in [0.1, 0.15) is 5.78 Å². The van der Waals surface area contributed by atoms with E-state index in [-0.39, 0.29) is 11.8 Å². The smallest absolute Gasteiger partial charge is 0.142 e. The van der Waals surface area contributed by atoms with Crippen LogP contribution in [0.15, 0.2) is 0 Å². The maximum absolute atomic E-state index is 12.6. The molecule has 0 bridgehead atoms. The number of carbonyl (C=O) groups is 1. The quantitative estimate of drug-likeness (QED) is 0.749. The molecule has 0 spiro atoms. The first-order valence-corrected chi connectivity index (χ1v) is 6.72. The summed E-state index contributed by atoms with van der Waals surface area (Å²) in [5.41, 5.74) is 0. The maximum atomic E-state index is 12.6. The lowest BCUT2D eigenvalue weighted by atomic mass is 9.74. The van der Waals surface area contributed by atoms with Crippen LogP contribution in [0.25, 0.3) is 0 Å². The van der Waals surface area contributed by atoms with Crippen molar-refractivity contribution in [2.24, 2.45) is 11.8 Å². The number of Topliss-reactive ketones (excluding diaryl/α,β-unsaturated/α-hetero) is 1. The Morgan fingerprint density at radius 3 is 1.59 bits per heavy atom. The predicted molar refractivity (Wildman–Crippen MR) is 72.1 cm³/mol. The number of ketones is 1. The minimum atomic E-state index is 0.228. The van der Waals surface area contributed by atoms with Crippen molar-refractivity contribution in [3.05, 3.63) is 0 Å². The van der Waals surface area contributed by atoms with Gasteiger partial charge >= 0.3 is 0 Å². The van der Waals surface area contributed by atoms with Crippen LogP contribution < -0.4 is 0 Å². The lowest BCUT2D eigenvalue weighted by molar-refractivity contribution is -0.133. The van der Waals surface area contributed by atoms with E-state index in [4.69, 9.17) is 0 Å². The second-order valence-corrected chi connectivity index (χ2v) is 5.95. The number of rotatable bonds is 4. The van der Waals surface area contributed by atoms with Crippen molar-refractivity contribution >= 4 is 5.78 Å². The molecule has 0 radical (unpaired) electrons. The van der Waals surface area contributed by atoms with Crippen LogP contribution >= 0.6 is 0 Å². The average Bonchev–Trinajstić information content (AvgIpc) is 2.27. The van der Waals surface area contributed by atoms with Crippen LogP contribution in [-0.4, -0.2) is 55.9 Å². The van der Waals surface area contributed by atoms with E-state index in [1.165, 1.54) is 6.42 Å². The van der Waals surface area contributed by atoms with Crippen LogP contribution in [0.4, 0.5) is 0 Å². The fourth-order valence-corrected chi connectivity index (χ4v) is 2.79. The lowest BCUT2D eigenvalue weighted by Crippen LogP contribution is -2.47. The van der Waals surface area contributed by atoms with Crippen molar-refractivity contribution < 1.29 is 4.79 Å². The van der Waals surface area contributed by atoms with Crippen molar-refractivity contribution in [2.75, 3.05) is 28.2 Å². The van der Waals surface area contributed by atoms with Gasteiger partial charge in [-0.15, -0.1) is 0 Å². The molecule has 0 N–H and O–H groups in total. The van der Waals surface area contributed by atoms with Gasteiger partial charge in [-0.05, 0) is 54.9 Å². The van der Waals surface area contributed by atoms with Gasteiger partial charge in [-0.2, -0.15) is 0 Å². The molecule has 1 saturated carbocycles. The Morgan fingerprint density at radius 1 is 0.941 bits per heavy atom. The molecule has 0 amide bonds. The van der Waals surface area contributed by atoms with Gasteiger partial charge in [-0.1, -0.05) is 6.42 Å². The molecule has 3 nitrogen and oxygen atoms in total. The summed E-state index contributed by atoms with van der Waals surface area (Å²) < 4.78 is 0. The second-order valence-electron chi connectivity index (χ2n) is 5.95. The normalized spacial score (nSPS) is 29.8. The van der Waals surface area contributed by atoms with E-state index in [0.29, 0.717) is 17.9 Å². The first kappa shape index (κ1) is 14.7. The third kappa shape index (κ3) is 3.29. The van der Waals surface area contributed by atoms with Crippen LogP contribution in [0.2, 0.25) is 0 Å². The Kier molecular flexibility index (Phi) is 5.14. The molecular weight excluding hydrogens is 212 g/mol. The zero-order chi connectivity index (χ0) is 13.2. The second kappa shape index (κ2) is 5.96. The van der Waals surface area contributed by atoms with Crippen LogP contribution in [-0.2, 0) is 4.79 Å². The highest BCUT2D eigenvalue weighted by molar-refractivity contribution is 5.85. The Balaban J connectivity index is 2.75. The van der Waals surface area contributed by atoms with E-state index in [9.17, 15) is 4.79 Å². The molecule has 1 rings (SSSR count). The number of nitrogens with zero attached hydrogens (tertiary/aromatic N) is 2. The van der Waals surface area contributed by atoms with Gasteiger partial charge in [-0.25, -0.2) is 0 Å². The molecule has 17 heavy (non-hydrogen) atoms. The average molecular weight is 240 g/mol. The van der Waals surface area contributed by atoms with Crippen molar-refractivity contribution in [1.29, 1.82) is 0 Å². The topological polar surface area (TPSA) is 23.6 Å². The molecule has 0 aromatic carbocycles. The summed E-state index contributed by atoms with van der Waals surface area (Å²) in [5.74, 6) is 0.941. The van der Waals surface area contributed by atoms with Gasteiger partial charge in [0.2, 0.25) is 0 Å². The predicted octanol–water partition coefficient (Wildman–Crippen LogP) is 1.87. The molecule has 100 valence electrons. The Bertz CT molecular complexity index is 239. The van der Waals surface area contributed by atoms with Crippen molar-refractivity contribution in [2.45, 2.75) is 45.2 Å². The van der Waals surface area contributed by atoms with E-state index in [1.807, 2.05) is 0 Å². The maximum Gasteiger partial charge on any atom is 0.142 e. The highest BCUT2D eigenvalue weighted by Crippen LogP contribution is 2.32. The molecule has 0 aliphatic heterocycles. The molecule has 1 aliphatic carbocycles. The van der Waals surface area contributed by atoms with E-state index in [0.717, 1.165) is 12.8 Å². The van der Waals surface area contributed by atoms with Gasteiger partial charge in [0.05, 0.1) is 0 Å². The zero-order valence-electron chi connectivity index (χ0n) is 12.2. The van der Waals surface area contributed by atoms with Crippen molar-refractivity contribution in [1.82, 2.24) is 9.80 Å². The summed E-state index contributed by atoms with van der Waals surface area (Å²) in [5, 5.41) is 0. The van der Waals surface area contributed by atoms with E-state index < -0.39 is 0 Å². The van der Waals surface area contributed by atoms with E-state index in [2.05, 4.69) is 51.8 Å². The Labute approximate surface area is 106 Å². The van der Waals surface area contributed by atoms with Gasteiger partial charge in [-0.3, -0.25) is 4.79 Å². The fourth-order valence-electron chi connectivity index (χ4n) is 2.79. The van der Waals surface area contributed by atoms with Gasteiger partial charge in [0.25, 0.3) is 0 Å². The van der Waals surface area contributed by atoms with Crippen molar-refractivity contribution in [3.8, 4) is 0 Å². The van der Waals surface area contributed by atoms with Gasteiger partial charge < -0.3 is 9.80 Å². The largest absolute Gasteiger partial charge is 0.306 e. The third-order valence-electron chi connectivity index (χ3n) is 4.55. The highest BCUT2D eigenvalue weighted by atomic mass is 16.1. The van der Waals surface area contributed by atoms with Crippen LogP contribution in [0, 0.1) is 11.8 Å². The zero-order valence-corrected chi connectivity index (χ0v) is 12.2. The Hall–Kier alpha value is -0.410. The minimum absolute atomic E-state index is 0.228. The van der Waals surface area contributed by atoms with Crippen molar-refractivity contribution in [3.63, 3.8) is 0 Å². The first-order valence-electron chi connectivity index (χ1n) is 6.72. The van der Waals surface area contributed by atoms with Gasteiger partial charge in [0, 0.05) is 23.9 Å². The monoisotopic (exact) mass is 240 g/mol. The molecule has 1 fully saturated rings. The summed E-state index contributed by atoms with van der Waals surface area (Å²) in [7, 11) is 8.27. The molecule has 4 unspecified atom stereocenters. The number of hydrogen-bond donors (Lipinski definition) is 0. The molecule has 3 heteroatoms. The number of carbonyl (C=O) groups excluding carboxylic acids is 1. The summed E-state index contributed by atoms with van der Waals surface area (Å²) >= 11 is 0. The molecule has 0 saturated heterocycles. The van der Waals surface area contributed by atoms with E-state index in [1.54, 1.807) is 0 Å². The fraction of sp³-hybridized carbons (Fsp3) is 0.929. The van der Waals surface area contributed by atoms with Crippen LogP contribution in [0.5, 0.6) is 0 Å². The molecule has 1 aliphatic rings. The summed E-state index contributed by atoms with van der Waals surface area (Å²) in [4.78, 5) is 16.9. The SMILES string of the molecule is CC(C1CCCC(C(C)N(C)C)C1=O)N(C)C. The highest BCUT2D eigenvalue weighted by Gasteiger charge is 2.38. The van der Waals surface area contributed by atoms with E-state index >= 15 is 0 Å². The minimum Gasteiger partial charge on any atom is -0.306 e. The molecule has 0 aromatic rings. The van der Waals surface area contributed by atoms with Gasteiger partial charge in [0.15, 0.2) is 0 Å². The Morgan fingerprint density at radius 2 is 1.29 bits per heavy atom. The third-order valence-corrected chi connectivity index (χ3v) is 4.55. The molecule has 4 atom stereocenters. The van der Waals surface area contributed by atoms with Crippen LogP contribution in [0.1, 0.15) is 33.1 Å². The summed E-state index contributed by atoms with van der Waals surface area (Å²) in [6, 6.07) is 0.722. The van der Waals surface area contributed by atoms with Crippen LogP contribution in [0.3, 0.4) is 0 Å². The molecule has 0 aromatic heterocycles. The lowest BCUT2D eigenvalue weighted by Gasteiger charge is -2.38. The molecule has 0 heterocycles. The summed E-state index contributed by atoms with van der Waals surface area (Å²) in [6.07, 6.45) is 3.32. The standard InChI is InChI=1S/C14H28N2O/c1-10(15(3)4)12-8-7-9-13(14(12)17)11(2)16(5)6/h10-13H,7-9H2,1-6H3. The summed E-state index contributed by atoms with van der Waals surface area (Å²) in [6.45, 7) is 4.34.